The summed E-state index contributed by atoms with van der Waals surface area (Å²) in [6.07, 6.45) is 1.91. The number of benzene rings is 4. The quantitative estimate of drug-likeness (QED) is 0.145. The molecule has 7 heteroatoms. The summed E-state index contributed by atoms with van der Waals surface area (Å²) < 4.78 is 12.3. The van der Waals surface area contributed by atoms with Crippen molar-refractivity contribution in [1.82, 2.24) is 4.98 Å². The Morgan fingerprint density at radius 1 is 0.789 bits per heavy atom. The van der Waals surface area contributed by atoms with Crippen molar-refractivity contribution in [2.45, 2.75) is 25.7 Å². The van der Waals surface area contributed by atoms with Crippen LogP contribution in [0, 0.1) is 5.92 Å². The standard InChI is InChI=1S/C31H27NO6/c33-30(34)24(31(35)36)13-5-2-8-16-37-28-19-22-12-7-6-11-21(22)17-25(28)29-32-26-18-23(14-15-27(26)38-29)20-9-3-1-4-10-20/h1,3-4,6-7,9-12,14-15,17-19,24H,2,5,8,13,16H2,(H,33,34)(H,35,36). The third-order valence-electron chi connectivity index (χ3n) is 6.56. The van der Waals surface area contributed by atoms with Crippen LogP contribution in [0.2, 0.25) is 0 Å². The zero-order valence-corrected chi connectivity index (χ0v) is 20.7. The minimum Gasteiger partial charge on any atom is -0.493 e. The fourth-order valence-electron chi connectivity index (χ4n) is 4.52. The Labute approximate surface area is 219 Å². The van der Waals surface area contributed by atoms with E-state index in [4.69, 9.17) is 24.4 Å². The molecule has 0 saturated carbocycles. The number of carboxylic acids is 2. The Hall–Kier alpha value is -4.65. The number of ether oxygens (including phenoxy) is 1. The maximum absolute atomic E-state index is 11.1. The first-order valence-corrected chi connectivity index (χ1v) is 12.6. The second-order valence-corrected chi connectivity index (χ2v) is 9.19. The number of nitrogens with zero attached hydrogens (tertiary/aromatic N) is 1. The average molecular weight is 510 g/mol. The largest absolute Gasteiger partial charge is 0.493 e. The molecular weight excluding hydrogens is 482 g/mol. The number of carboxylic acid groups (broad SMARTS) is 2. The van der Waals surface area contributed by atoms with Gasteiger partial charge in [0.05, 0.1) is 12.2 Å². The van der Waals surface area contributed by atoms with Crippen molar-refractivity contribution in [1.29, 1.82) is 0 Å². The number of aliphatic carboxylic acids is 2. The van der Waals surface area contributed by atoms with Crippen LogP contribution < -0.4 is 4.74 Å². The summed E-state index contributed by atoms with van der Waals surface area (Å²) >= 11 is 0. The van der Waals surface area contributed by atoms with Gasteiger partial charge in [0.2, 0.25) is 5.89 Å². The molecule has 0 saturated heterocycles. The average Bonchev–Trinajstić information content (AvgIpc) is 3.35. The highest BCUT2D eigenvalue weighted by atomic mass is 16.5. The first-order chi connectivity index (χ1) is 18.5. The smallest absolute Gasteiger partial charge is 0.317 e. The summed E-state index contributed by atoms with van der Waals surface area (Å²) in [4.78, 5) is 26.9. The molecule has 0 spiro atoms. The normalized spacial score (nSPS) is 11.3. The van der Waals surface area contributed by atoms with E-state index in [1.54, 1.807) is 0 Å². The highest BCUT2D eigenvalue weighted by Gasteiger charge is 2.24. The van der Waals surface area contributed by atoms with Crippen molar-refractivity contribution in [3.05, 3.63) is 84.9 Å². The van der Waals surface area contributed by atoms with Gasteiger partial charge >= 0.3 is 11.9 Å². The molecule has 4 aromatic carbocycles. The number of hydrogen-bond acceptors (Lipinski definition) is 5. The third kappa shape index (κ3) is 5.52. The van der Waals surface area contributed by atoms with Crippen molar-refractivity contribution in [3.8, 4) is 28.3 Å². The van der Waals surface area contributed by atoms with Crippen LogP contribution in [0.15, 0.2) is 89.3 Å². The number of rotatable bonds is 11. The van der Waals surface area contributed by atoms with Crippen LogP contribution in [-0.2, 0) is 9.59 Å². The van der Waals surface area contributed by atoms with Gasteiger partial charge in [0.25, 0.3) is 0 Å². The SMILES string of the molecule is O=C(O)C(CCCCCOc1cc2ccccc2cc1-c1nc2cc(-c3ccccc3)ccc2o1)C(=O)O. The minimum atomic E-state index is -1.37. The number of oxazole rings is 1. The molecule has 0 aliphatic rings. The Kier molecular flexibility index (Phi) is 7.35. The maximum Gasteiger partial charge on any atom is 0.317 e. The summed E-state index contributed by atoms with van der Waals surface area (Å²) in [5.41, 5.74) is 4.35. The van der Waals surface area contributed by atoms with Crippen molar-refractivity contribution in [3.63, 3.8) is 0 Å². The van der Waals surface area contributed by atoms with Crippen LogP contribution in [0.3, 0.4) is 0 Å². The van der Waals surface area contributed by atoms with Gasteiger partial charge in [0.1, 0.15) is 11.3 Å². The van der Waals surface area contributed by atoms with Gasteiger partial charge < -0.3 is 19.4 Å². The molecule has 0 amide bonds. The molecule has 38 heavy (non-hydrogen) atoms. The van der Waals surface area contributed by atoms with E-state index in [9.17, 15) is 9.59 Å². The van der Waals surface area contributed by atoms with Gasteiger partial charge in [-0.25, -0.2) is 4.98 Å². The fourth-order valence-corrected chi connectivity index (χ4v) is 4.52. The molecule has 0 atom stereocenters. The predicted octanol–water partition coefficient (Wildman–Crippen LogP) is 7.04. The van der Waals surface area contributed by atoms with Crippen molar-refractivity contribution < 1.29 is 29.0 Å². The number of aromatic nitrogens is 1. The highest BCUT2D eigenvalue weighted by Crippen LogP contribution is 2.36. The van der Waals surface area contributed by atoms with Crippen LogP contribution in [-0.4, -0.2) is 33.7 Å². The van der Waals surface area contributed by atoms with Crippen molar-refractivity contribution in [2.75, 3.05) is 6.61 Å². The fraction of sp³-hybridized carbons (Fsp3) is 0.194. The molecule has 0 fully saturated rings. The number of hydrogen-bond donors (Lipinski definition) is 2. The number of fused-ring (bicyclic) bond motifs is 2. The van der Waals surface area contributed by atoms with Gasteiger partial charge in [-0.15, -0.1) is 0 Å². The topological polar surface area (TPSA) is 110 Å². The predicted molar refractivity (Wildman–Crippen MR) is 145 cm³/mol. The summed E-state index contributed by atoms with van der Waals surface area (Å²) in [7, 11) is 0. The van der Waals surface area contributed by atoms with Gasteiger partial charge in [-0.1, -0.05) is 73.5 Å². The first kappa shape index (κ1) is 25.0. The van der Waals surface area contributed by atoms with Crippen molar-refractivity contribution in [2.24, 2.45) is 5.92 Å². The zero-order valence-electron chi connectivity index (χ0n) is 20.7. The van der Waals surface area contributed by atoms with Gasteiger partial charge in [-0.05, 0) is 59.0 Å². The molecule has 0 aliphatic heterocycles. The van der Waals surface area contributed by atoms with E-state index < -0.39 is 17.9 Å². The summed E-state index contributed by atoms with van der Waals surface area (Å²) in [5.74, 6) is -2.86. The van der Waals surface area contributed by atoms with Gasteiger partial charge in [0.15, 0.2) is 11.5 Å². The minimum absolute atomic E-state index is 0.0970. The van der Waals surface area contributed by atoms with Crippen LogP contribution in [0.25, 0.3) is 44.5 Å². The van der Waals surface area contributed by atoms with E-state index in [2.05, 4.69) is 12.1 Å². The first-order valence-electron chi connectivity index (χ1n) is 12.6. The lowest BCUT2D eigenvalue weighted by molar-refractivity contribution is -0.154. The lowest BCUT2D eigenvalue weighted by atomic mass is 10.0. The molecule has 2 N–H and O–H groups in total. The van der Waals surface area contributed by atoms with E-state index in [0.29, 0.717) is 43.1 Å². The Morgan fingerprint density at radius 2 is 1.50 bits per heavy atom. The van der Waals surface area contributed by atoms with Crippen LogP contribution in [0.4, 0.5) is 0 Å². The second kappa shape index (κ2) is 11.2. The molecule has 7 nitrogen and oxygen atoms in total. The van der Waals surface area contributed by atoms with E-state index in [-0.39, 0.29) is 6.42 Å². The third-order valence-corrected chi connectivity index (χ3v) is 6.56. The summed E-state index contributed by atoms with van der Waals surface area (Å²) in [5, 5.41) is 20.1. The van der Waals surface area contributed by atoms with Gasteiger partial charge in [0, 0.05) is 0 Å². The molecule has 5 rings (SSSR count). The van der Waals surface area contributed by atoms with E-state index in [1.165, 1.54) is 0 Å². The van der Waals surface area contributed by atoms with Crippen LogP contribution in [0.1, 0.15) is 25.7 Å². The van der Waals surface area contributed by atoms with Gasteiger partial charge in [-0.2, -0.15) is 0 Å². The highest BCUT2D eigenvalue weighted by molar-refractivity contribution is 5.93. The number of unbranched alkanes of at least 4 members (excludes halogenated alkanes) is 2. The molecular formula is C31H27NO6. The molecule has 5 aromatic rings. The lowest BCUT2D eigenvalue weighted by Gasteiger charge is -2.12. The second-order valence-electron chi connectivity index (χ2n) is 9.19. The Balaban J connectivity index is 1.35. The number of carbonyl (C=O) groups is 2. The van der Waals surface area contributed by atoms with E-state index in [0.717, 1.165) is 33.0 Å². The molecule has 0 aliphatic carbocycles. The van der Waals surface area contributed by atoms with Gasteiger partial charge in [-0.3, -0.25) is 9.59 Å². The Bertz CT molecular complexity index is 1580. The van der Waals surface area contributed by atoms with E-state index >= 15 is 0 Å². The molecule has 0 radical (unpaired) electrons. The molecule has 0 bridgehead atoms. The van der Waals surface area contributed by atoms with Crippen LogP contribution in [0.5, 0.6) is 5.75 Å². The molecule has 192 valence electrons. The molecule has 1 heterocycles. The molecule has 0 unspecified atom stereocenters. The molecule has 1 aromatic heterocycles. The monoisotopic (exact) mass is 509 g/mol. The zero-order chi connectivity index (χ0) is 26.5. The summed E-state index contributed by atoms with van der Waals surface area (Å²) in [6, 6.07) is 28.0. The maximum atomic E-state index is 11.1. The van der Waals surface area contributed by atoms with E-state index in [1.807, 2.05) is 72.8 Å². The summed E-state index contributed by atoms with van der Waals surface area (Å²) in [6.45, 7) is 0.397. The lowest BCUT2D eigenvalue weighted by Crippen LogP contribution is -2.23. The van der Waals surface area contributed by atoms with Crippen LogP contribution >= 0.6 is 0 Å². The Morgan fingerprint density at radius 3 is 2.24 bits per heavy atom. The van der Waals surface area contributed by atoms with Crippen molar-refractivity contribution >= 4 is 33.8 Å².